The van der Waals surface area contributed by atoms with Crippen molar-refractivity contribution in [3.63, 3.8) is 0 Å². The van der Waals surface area contributed by atoms with Crippen LogP contribution in [-0.2, 0) is 52.1 Å². The molecule has 0 aromatic heterocycles. The maximum Gasteiger partial charge on any atom is 0.224 e. The van der Waals surface area contributed by atoms with Crippen LogP contribution in [0.3, 0.4) is 0 Å². The molecule has 6 rings (SSSR count). The van der Waals surface area contributed by atoms with Gasteiger partial charge < -0.3 is 154 Å². The van der Waals surface area contributed by atoms with Crippen LogP contribution in [0.25, 0.3) is 0 Å². The van der Waals surface area contributed by atoms with Crippen LogP contribution in [0.4, 0.5) is 0 Å². The molecule has 6 fully saturated rings. The fourth-order valence-corrected chi connectivity index (χ4v) is 8.67. The molecule has 0 bridgehead atoms. The van der Waals surface area contributed by atoms with Crippen LogP contribution >= 0.6 is 0 Å². The van der Waals surface area contributed by atoms with E-state index in [9.17, 15) is 102 Å². The van der Waals surface area contributed by atoms with E-state index in [-0.39, 0.29) is 0 Å². The number of aliphatic hydroxyl groups excluding tert-OH is 20. The predicted octanol–water partition coefficient (Wildman–Crippen LogP) is -14.1. The second-order valence-electron chi connectivity index (χ2n) is 17.1. The lowest BCUT2D eigenvalue weighted by molar-refractivity contribution is -0.401. The van der Waals surface area contributed by atoms with Gasteiger partial charge in [0.15, 0.2) is 6.29 Å². The smallest absolute Gasteiger partial charge is 0.224 e. The molecule has 31 heteroatoms. The van der Waals surface area contributed by atoms with E-state index in [1.165, 1.54) is 0 Å². The number of ether oxygens (including phenoxy) is 11. The van der Waals surface area contributed by atoms with Crippen LogP contribution < -0.4 is 0 Å². The molecule has 25 atom stereocenters. The Morgan fingerprint density at radius 3 is 1.01 bits per heavy atom. The normalized spacial score (nSPS) is 52.5. The number of hydrogen-bond donors (Lipinski definition) is 20. The Bertz CT molecular complexity index is 1590. The molecule has 0 saturated carbocycles. The fraction of sp³-hybridized carbons (Fsp3) is 1.00. The fourth-order valence-electron chi connectivity index (χ4n) is 8.67. The number of rotatable bonds is 21. The van der Waals surface area contributed by atoms with Gasteiger partial charge in [0, 0.05) is 0 Å². The van der Waals surface area contributed by atoms with Crippen molar-refractivity contribution in [1.29, 1.82) is 0 Å². The molecule has 25 unspecified atom stereocenters. The third kappa shape index (κ3) is 9.75. The van der Waals surface area contributed by atoms with Crippen molar-refractivity contribution < 1.29 is 154 Å². The van der Waals surface area contributed by atoms with E-state index in [0.717, 1.165) is 0 Å². The average molecular weight is 991 g/mol. The molecule has 67 heavy (non-hydrogen) atoms. The van der Waals surface area contributed by atoms with Crippen molar-refractivity contribution >= 4 is 0 Å². The van der Waals surface area contributed by atoms with Crippen LogP contribution in [0.2, 0.25) is 0 Å². The topological polar surface area (TPSA) is 506 Å². The molecular formula is C36H62O31. The van der Waals surface area contributed by atoms with Crippen molar-refractivity contribution in [3.8, 4) is 0 Å². The molecule has 0 radical (unpaired) electrons. The lowest BCUT2D eigenvalue weighted by Gasteiger charge is -2.44. The van der Waals surface area contributed by atoms with E-state index < -0.39 is 224 Å². The molecule has 6 heterocycles. The van der Waals surface area contributed by atoms with Gasteiger partial charge in [0.25, 0.3) is 0 Å². The maximum absolute atomic E-state index is 11.6. The first-order chi connectivity index (χ1) is 31.6. The van der Waals surface area contributed by atoms with E-state index >= 15 is 0 Å². The summed E-state index contributed by atoms with van der Waals surface area (Å²) in [5.74, 6) is -13.4. The monoisotopic (exact) mass is 990 g/mol. The van der Waals surface area contributed by atoms with Gasteiger partial charge in [0.2, 0.25) is 28.9 Å². The summed E-state index contributed by atoms with van der Waals surface area (Å²) in [5, 5.41) is 211. The first-order valence-corrected chi connectivity index (χ1v) is 21.0. The molecule has 6 saturated heterocycles. The zero-order chi connectivity index (χ0) is 49.6. The summed E-state index contributed by atoms with van der Waals surface area (Å²) in [4.78, 5) is 0. The first kappa shape index (κ1) is 55.1. The molecule has 0 spiro atoms. The Morgan fingerprint density at radius 2 is 0.627 bits per heavy atom. The third-order valence-corrected chi connectivity index (χ3v) is 12.9. The highest BCUT2D eigenvalue weighted by Crippen LogP contribution is 2.43. The minimum absolute atomic E-state index is 0.846. The molecule has 0 amide bonds. The maximum atomic E-state index is 11.6. The van der Waals surface area contributed by atoms with Gasteiger partial charge >= 0.3 is 0 Å². The zero-order valence-electron chi connectivity index (χ0n) is 35.3. The van der Waals surface area contributed by atoms with Crippen molar-refractivity contribution in [2.75, 3.05) is 72.7 Å². The standard InChI is InChI=1S/C36H62O31/c37-1-12-18(44)24(50)25(51)31(61-12)67-36(11-60-34(9-43)28(54)21(47)15(4-40)64-34)30(56)23(49)17(66-36)6-58-35(10-59-33(8-42)27(53)20(46)14(3-39)63-33)29(55)22(48)16(65-35)5-57-32(7-41)26(52)19(45)13(2-38)62-32/h12-31,37-56H,1-11H2. The predicted molar refractivity (Wildman–Crippen MR) is 199 cm³/mol. The van der Waals surface area contributed by atoms with Gasteiger partial charge in [0.1, 0.15) is 149 Å². The quantitative estimate of drug-likeness (QED) is 0.0508. The van der Waals surface area contributed by atoms with Crippen molar-refractivity contribution in [2.24, 2.45) is 0 Å². The van der Waals surface area contributed by atoms with E-state index in [1.807, 2.05) is 0 Å². The van der Waals surface area contributed by atoms with Gasteiger partial charge in [-0.3, -0.25) is 0 Å². The molecule has 0 aromatic rings. The number of aliphatic hydroxyl groups is 20. The van der Waals surface area contributed by atoms with Crippen LogP contribution in [0.1, 0.15) is 0 Å². The molecule has 392 valence electrons. The Labute approximate surface area is 378 Å². The van der Waals surface area contributed by atoms with Gasteiger partial charge in [-0.05, 0) is 0 Å². The van der Waals surface area contributed by atoms with E-state index in [2.05, 4.69) is 0 Å². The van der Waals surface area contributed by atoms with Gasteiger partial charge in [-0.15, -0.1) is 0 Å². The van der Waals surface area contributed by atoms with Gasteiger partial charge in [-0.1, -0.05) is 0 Å². The van der Waals surface area contributed by atoms with E-state index in [1.54, 1.807) is 0 Å². The first-order valence-electron chi connectivity index (χ1n) is 21.0. The Balaban J connectivity index is 1.30. The minimum atomic E-state index is -2.93. The largest absolute Gasteiger partial charge is 0.394 e. The summed E-state index contributed by atoms with van der Waals surface area (Å²) >= 11 is 0. The molecule has 6 aliphatic heterocycles. The Morgan fingerprint density at radius 1 is 0.313 bits per heavy atom. The highest BCUT2D eigenvalue weighted by atomic mass is 16.8. The lowest BCUT2D eigenvalue weighted by atomic mass is 9.99. The van der Waals surface area contributed by atoms with E-state index in [0.29, 0.717) is 0 Å². The summed E-state index contributed by atoms with van der Waals surface area (Å²) in [6.07, 6.45) is -39.3. The Kier molecular flexibility index (Phi) is 17.6. The van der Waals surface area contributed by atoms with Crippen LogP contribution in [0.5, 0.6) is 0 Å². The summed E-state index contributed by atoms with van der Waals surface area (Å²) in [5.41, 5.74) is 0. The summed E-state index contributed by atoms with van der Waals surface area (Å²) in [6.45, 7) is -11.9. The van der Waals surface area contributed by atoms with Crippen LogP contribution in [0.15, 0.2) is 0 Å². The second kappa shape index (κ2) is 21.5. The van der Waals surface area contributed by atoms with Crippen LogP contribution in [-0.4, -0.2) is 326 Å². The minimum Gasteiger partial charge on any atom is -0.394 e. The highest BCUT2D eigenvalue weighted by molar-refractivity contribution is 5.05. The lowest BCUT2D eigenvalue weighted by Crippen LogP contribution is -2.63. The molecular weight excluding hydrogens is 928 g/mol. The summed E-state index contributed by atoms with van der Waals surface area (Å²) in [7, 11) is 0. The van der Waals surface area contributed by atoms with Gasteiger partial charge in [-0.2, -0.15) is 0 Å². The van der Waals surface area contributed by atoms with E-state index in [4.69, 9.17) is 52.1 Å². The van der Waals surface area contributed by atoms with Crippen molar-refractivity contribution in [2.45, 2.75) is 151 Å². The molecule has 20 N–H and O–H groups in total. The third-order valence-electron chi connectivity index (χ3n) is 12.9. The Hall–Kier alpha value is -1.24. The highest BCUT2D eigenvalue weighted by Gasteiger charge is 2.65. The second-order valence-corrected chi connectivity index (χ2v) is 17.1. The molecule has 0 aromatic carbocycles. The summed E-state index contributed by atoms with van der Waals surface area (Å²) in [6, 6.07) is 0. The average Bonchev–Trinajstić information content (AvgIpc) is 4.00. The van der Waals surface area contributed by atoms with Crippen molar-refractivity contribution in [1.82, 2.24) is 0 Å². The molecule has 31 nitrogen and oxygen atoms in total. The van der Waals surface area contributed by atoms with Gasteiger partial charge in [-0.25, -0.2) is 0 Å². The molecule has 0 aliphatic carbocycles. The summed E-state index contributed by atoms with van der Waals surface area (Å²) < 4.78 is 62.0. The number of hydrogen-bond acceptors (Lipinski definition) is 31. The SMILES string of the molecule is OCC1OC(OC2(COC3(CO)OC(CO)C(O)C3O)OC(COC3(COC4(CO)OC(CO)C(O)C4O)OC(COC4(CO)OC(CO)C(O)C4O)C(O)C3O)C(O)C2O)C(O)C(O)C1O. The van der Waals surface area contributed by atoms with Crippen LogP contribution in [0, 0.1) is 0 Å². The van der Waals surface area contributed by atoms with Crippen molar-refractivity contribution in [3.05, 3.63) is 0 Å². The molecule has 6 aliphatic rings. The zero-order valence-corrected chi connectivity index (χ0v) is 35.3. The van der Waals surface area contributed by atoms with Gasteiger partial charge in [0.05, 0.1) is 39.6 Å².